The molecule has 6 heteroatoms. The highest BCUT2D eigenvalue weighted by Gasteiger charge is 2.30. The Bertz CT molecular complexity index is 573. The smallest absolute Gasteiger partial charge is 0.338 e. The van der Waals surface area contributed by atoms with Gasteiger partial charge in [0, 0.05) is 38.4 Å². The van der Waals surface area contributed by atoms with Crippen molar-refractivity contribution in [1.82, 2.24) is 14.9 Å². The van der Waals surface area contributed by atoms with Crippen LogP contribution in [0.5, 0.6) is 0 Å². The number of halogens is 3. The van der Waals surface area contributed by atoms with Crippen molar-refractivity contribution in [3.63, 3.8) is 0 Å². The molecule has 1 aromatic heterocycles. The van der Waals surface area contributed by atoms with Crippen molar-refractivity contribution in [3.8, 4) is 0 Å². The van der Waals surface area contributed by atoms with E-state index in [1.54, 1.807) is 6.20 Å². The van der Waals surface area contributed by atoms with Crippen LogP contribution in [0.2, 0.25) is 0 Å². The zero-order valence-corrected chi connectivity index (χ0v) is 12.0. The lowest BCUT2D eigenvalue weighted by Crippen LogP contribution is -2.22. The Hall–Kier alpha value is -1.82. The third-order valence-corrected chi connectivity index (χ3v) is 3.46. The highest BCUT2D eigenvalue weighted by molar-refractivity contribution is 5.26. The van der Waals surface area contributed by atoms with E-state index in [2.05, 4.69) is 10.3 Å². The molecule has 0 aliphatic rings. The third-order valence-electron chi connectivity index (χ3n) is 3.46. The Morgan fingerprint density at radius 3 is 2.43 bits per heavy atom. The predicted molar refractivity (Wildman–Crippen MR) is 74.8 cm³/mol. The van der Waals surface area contributed by atoms with E-state index in [9.17, 15) is 13.2 Å². The number of alkyl halides is 3. The summed E-state index contributed by atoms with van der Waals surface area (Å²) in [6.45, 7) is 2.65. The lowest BCUT2D eigenvalue weighted by Gasteiger charge is -2.15. The maximum atomic E-state index is 12.5. The van der Waals surface area contributed by atoms with Gasteiger partial charge in [0.1, 0.15) is 5.82 Å². The number of hydrogen-bond acceptors (Lipinski definition) is 2. The molecule has 1 N–H and O–H groups in total. The van der Waals surface area contributed by atoms with E-state index in [4.69, 9.17) is 0 Å². The van der Waals surface area contributed by atoms with Gasteiger partial charge in [-0.1, -0.05) is 12.1 Å². The second-order valence-electron chi connectivity index (χ2n) is 5.00. The van der Waals surface area contributed by atoms with E-state index in [0.717, 1.165) is 29.9 Å². The summed E-state index contributed by atoms with van der Waals surface area (Å²) in [6, 6.07) is 5.26. The van der Waals surface area contributed by atoms with Crippen LogP contribution in [0.15, 0.2) is 36.7 Å². The molecular weight excluding hydrogens is 279 g/mol. The van der Waals surface area contributed by atoms with Crippen LogP contribution in [0.1, 0.15) is 29.9 Å². The van der Waals surface area contributed by atoms with Crippen molar-refractivity contribution in [2.45, 2.75) is 25.6 Å². The molecule has 0 saturated heterocycles. The molecule has 1 heterocycles. The Balaban J connectivity index is 1.88. The number of nitrogens with one attached hydrogen (secondary N) is 1. The van der Waals surface area contributed by atoms with Crippen molar-refractivity contribution in [1.29, 1.82) is 0 Å². The van der Waals surface area contributed by atoms with Crippen LogP contribution in [-0.4, -0.2) is 16.1 Å². The first-order valence-corrected chi connectivity index (χ1v) is 6.74. The predicted octanol–water partition coefficient (Wildman–Crippen LogP) is 3.33. The summed E-state index contributed by atoms with van der Waals surface area (Å²) in [5.74, 6) is 0.974. The number of benzene rings is 1. The topological polar surface area (TPSA) is 29.9 Å². The highest BCUT2D eigenvalue weighted by Crippen LogP contribution is 2.29. The Kier molecular flexibility index (Phi) is 4.67. The number of aromatic nitrogens is 2. The minimum Gasteiger partial charge on any atom is -0.338 e. The van der Waals surface area contributed by atoms with E-state index in [0.29, 0.717) is 6.54 Å². The summed E-state index contributed by atoms with van der Waals surface area (Å²) in [6.07, 6.45) is 0.116. The molecule has 1 unspecified atom stereocenters. The van der Waals surface area contributed by atoms with Gasteiger partial charge in [-0.3, -0.25) is 0 Å². The monoisotopic (exact) mass is 297 g/mol. The van der Waals surface area contributed by atoms with Crippen molar-refractivity contribution < 1.29 is 13.2 Å². The SMILES string of the molecule is CC(NCCc1nccn1C)c1ccc(C(F)(F)F)cc1. The standard InChI is InChI=1S/C15H18F3N3/c1-11(19-8-7-14-20-9-10-21(14)2)12-3-5-13(6-4-12)15(16,17)18/h3-6,9-11,19H,7-8H2,1-2H3. The highest BCUT2D eigenvalue weighted by atomic mass is 19.4. The van der Waals surface area contributed by atoms with E-state index in [-0.39, 0.29) is 6.04 Å². The van der Waals surface area contributed by atoms with Crippen LogP contribution in [0, 0.1) is 0 Å². The quantitative estimate of drug-likeness (QED) is 0.917. The van der Waals surface area contributed by atoms with Gasteiger partial charge in [0.15, 0.2) is 0 Å². The van der Waals surface area contributed by atoms with Gasteiger partial charge in [-0.15, -0.1) is 0 Å². The summed E-state index contributed by atoms with van der Waals surface area (Å²) in [5.41, 5.74) is 0.217. The van der Waals surface area contributed by atoms with Gasteiger partial charge in [0.2, 0.25) is 0 Å². The number of hydrogen-bond donors (Lipinski definition) is 1. The Morgan fingerprint density at radius 1 is 1.24 bits per heavy atom. The molecule has 2 rings (SSSR count). The van der Waals surface area contributed by atoms with Gasteiger partial charge in [0.05, 0.1) is 5.56 Å². The van der Waals surface area contributed by atoms with Gasteiger partial charge in [-0.2, -0.15) is 13.2 Å². The van der Waals surface area contributed by atoms with Crippen LogP contribution in [0.4, 0.5) is 13.2 Å². The second kappa shape index (κ2) is 6.30. The fraction of sp³-hybridized carbons (Fsp3) is 0.400. The maximum absolute atomic E-state index is 12.5. The van der Waals surface area contributed by atoms with Crippen molar-refractivity contribution >= 4 is 0 Å². The second-order valence-corrected chi connectivity index (χ2v) is 5.00. The molecule has 0 bridgehead atoms. The lowest BCUT2D eigenvalue weighted by molar-refractivity contribution is -0.137. The van der Waals surface area contributed by atoms with Crippen LogP contribution in [0.25, 0.3) is 0 Å². The zero-order valence-electron chi connectivity index (χ0n) is 12.0. The summed E-state index contributed by atoms with van der Waals surface area (Å²) < 4.78 is 39.4. The summed E-state index contributed by atoms with van der Waals surface area (Å²) in [7, 11) is 1.93. The third kappa shape index (κ3) is 4.07. The van der Waals surface area contributed by atoms with Crippen molar-refractivity contribution in [2.75, 3.05) is 6.54 Å². The number of imidazole rings is 1. The van der Waals surface area contributed by atoms with Gasteiger partial charge in [0.25, 0.3) is 0 Å². The normalized spacial score (nSPS) is 13.4. The molecule has 1 aromatic carbocycles. The summed E-state index contributed by atoms with van der Waals surface area (Å²) in [4.78, 5) is 4.22. The maximum Gasteiger partial charge on any atom is 0.416 e. The summed E-state index contributed by atoms with van der Waals surface area (Å²) >= 11 is 0. The molecule has 21 heavy (non-hydrogen) atoms. The Labute approximate surface area is 121 Å². The van der Waals surface area contributed by atoms with Crippen molar-refractivity contribution in [2.24, 2.45) is 7.05 Å². The average Bonchev–Trinajstić information content (AvgIpc) is 2.83. The molecule has 114 valence electrons. The fourth-order valence-corrected chi connectivity index (χ4v) is 2.12. The largest absolute Gasteiger partial charge is 0.416 e. The van der Waals surface area contributed by atoms with E-state index in [1.165, 1.54) is 12.1 Å². The van der Waals surface area contributed by atoms with Gasteiger partial charge < -0.3 is 9.88 Å². The average molecular weight is 297 g/mol. The van der Waals surface area contributed by atoms with Gasteiger partial charge in [-0.05, 0) is 24.6 Å². The lowest BCUT2D eigenvalue weighted by atomic mass is 10.1. The van der Waals surface area contributed by atoms with E-state index >= 15 is 0 Å². The molecule has 0 aliphatic carbocycles. The molecule has 0 amide bonds. The van der Waals surface area contributed by atoms with Gasteiger partial charge in [-0.25, -0.2) is 4.98 Å². The first kappa shape index (κ1) is 15.6. The Morgan fingerprint density at radius 2 is 1.90 bits per heavy atom. The molecular formula is C15H18F3N3. The first-order valence-electron chi connectivity index (χ1n) is 6.74. The van der Waals surface area contributed by atoms with Crippen molar-refractivity contribution in [3.05, 3.63) is 53.6 Å². The van der Waals surface area contributed by atoms with Crippen LogP contribution >= 0.6 is 0 Å². The first-order chi connectivity index (χ1) is 9.88. The molecule has 1 atom stereocenters. The van der Waals surface area contributed by atoms with Crippen LogP contribution in [-0.2, 0) is 19.6 Å². The molecule has 3 nitrogen and oxygen atoms in total. The minimum atomic E-state index is -4.28. The van der Waals surface area contributed by atoms with Crippen LogP contribution < -0.4 is 5.32 Å². The molecule has 0 radical (unpaired) electrons. The summed E-state index contributed by atoms with van der Waals surface area (Å²) in [5, 5.41) is 3.29. The van der Waals surface area contributed by atoms with E-state index < -0.39 is 11.7 Å². The molecule has 0 saturated carbocycles. The molecule has 0 aliphatic heterocycles. The van der Waals surface area contributed by atoms with Crippen LogP contribution in [0.3, 0.4) is 0 Å². The molecule has 0 fully saturated rings. The zero-order chi connectivity index (χ0) is 15.5. The molecule has 2 aromatic rings. The fourth-order valence-electron chi connectivity index (χ4n) is 2.12. The van der Waals surface area contributed by atoms with E-state index in [1.807, 2.05) is 24.7 Å². The number of aryl methyl sites for hydroxylation is 1. The minimum absolute atomic E-state index is 0.00690. The number of rotatable bonds is 5. The number of nitrogens with zero attached hydrogens (tertiary/aromatic N) is 2. The van der Waals surface area contributed by atoms with Gasteiger partial charge >= 0.3 is 6.18 Å². The molecule has 0 spiro atoms.